The molecule has 11 nitrogen and oxygen atoms in total. The van der Waals surface area contributed by atoms with E-state index in [0.717, 1.165) is 56.6 Å². The van der Waals surface area contributed by atoms with Gasteiger partial charge in [-0.2, -0.15) is 0 Å². The Kier molecular flexibility index (Phi) is 11.7. The number of hydrogen-bond acceptors (Lipinski definition) is 8. The zero-order valence-corrected chi connectivity index (χ0v) is 23.3. The Morgan fingerprint density at radius 2 is 1.28 bits per heavy atom. The number of aliphatic hydroxyl groups is 2. The van der Waals surface area contributed by atoms with E-state index in [1.54, 1.807) is 0 Å². The van der Waals surface area contributed by atoms with Crippen LogP contribution in [-0.4, -0.2) is 90.6 Å². The second-order valence-electron chi connectivity index (χ2n) is 11.0. The van der Waals surface area contributed by atoms with Crippen LogP contribution in [0.5, 0.6) is 0 Å². The first-order valence-electron chi connectivity index (χ1n) is 14.5. The van der Waals surface area contributed by atoms with Crippen LogP contribution in [0.4, 0.5) is 0 Å². The average Bonchev–Trinajstić information content (AvgIpc) is 3.71. The van der Waals surface area contributed by atoms with E-state index in [4.69, 9.17) is 24.9 Å². The minimum Gasteiger partial charge on any atom is -0.479 e. The van der Waals surface area contributed by atoms with Crippen LogP contribution in [0.15, 0.2) is 4.52 Å². The highest BCUT2D eigenvalue weighted by molar-refractivity contribution is 5.94. The molecule has 2 atom stereocenters. The molecule has 0 unspecified atom stereocenters. The van der Waals surface area contributed by atoms with Crippen molar-refractivity contribution in [2.75, 3.05) is 13.1 Å². The summed E-state index contributed by atoms with van der Waals surface area (Å²) in [5, 5.41) is 36.9. The van der Waals surface area contributed by atoms with Crippen LogP contribution in [0.1, 0.15) is 119 Å². The molecule has 4 N–H and O–H groups in total. The number of nitrogens with zero attached hydrogens (tertiary/aromatic N) is 3. The van der Waals surface area contributed by atoms with Gasteiger partial charge in [0.1, 0.15) is 5.76 Å². The number of amides is 1. The summed E-state index contributed by atoms with van der Waals surface area (Å²) in [6, 6.07) is 0.781. The monoisotopic (exact) mass is 551 g/mol. The number of carboxylic acids is 2. The van der Waals surface area contributed by atoms with E-state index < -0.39 is 24.1 Å². The van der Waals surface area contributed by atoms with E-state index in [1.807, 2.05) is 0 Å². The van der Waals surface area contributed by atoms with Gasteiger partial charge in [-0.05, 0) is 51.6 Å². The average molecular weight is 552 g/mol. The maximum atomic E-state index is 14.0. The molecule has 0 radical (unpaired) electrons. The van der Waals surface area contributed by atoms with Crippen molar-refractivity contribution in [1.82, 2.24) is 15.0 Å². The summed E-state index contributed by atoms with van der Waals surface area (Å²) in [5.74, 6) is -1.91. The van der Waals surface area contributed by atoms with Crippen LogP contribution in [0.2, 0.25) is 0 Å². The third kappa shape index (κ3) is 8.25. The summed E-state index contributed by atoms with van der Waals surface area (Å²) in [5.41, 5.74) is 1.70. The number of rotatable bonds is 11. The van der Waals surface area contributed by atoms with Gasteiger partial charge in [-0.15, -0.1) is 0 Å². The highest BCUT2D eigenvalue weighted by atomic mass is 16.5. The summed E-state index contributed by atoms with van der Waals surface area (Å²) in [7, 11) is 0. The highest BCUT2D eigenvalue weighted by Crippen LogP contribution is 2.43. The lowest BCUT2D eigenvalue weighted by molar-refractivity contribution is -0.165. The van der Waals surface area contributed by atoms with Crippen LogP contribution < -0.4 is 0 Å². The first-order chi connectivity index (χ1) is 18.7. The summed E-state index contributed by atoms with van der Waals surface area (Å²) < 4.78 is 5.83. The van der Waals surface area contributed by atoms with E-state index in [-0.39, 0.29) is 5.91 Å². The molecule has 11 heteroatoms. The van der Waals surface area contributed by atoms with Crippen LogP contribution in [-0.2, 0) is 16.1 Å². The lowest BCUT2D eigenvalue weighted by atomic mass is 9.88. The molecule has 1 aromatic heterocycles. The predicted molar refractivity (Wildman–Crippen MR) is 142 cm³/mol. The quantitative estimate of drug-likeness (QED) is 0.320. The van der Waals surface area contributed by atoms with Gasteiger partial charge in [0.25, 0.3) is 5.91 Å². The molecule has 0 spiro atoms. The minimum absolute atomic E-state index is 0.154. The van der Waals surface area contributed by atoms with Crippen molar-refractivity contribution in [3.63, 3.8) is 0 Å². The molecule has 1 amide bonds. The number of aliphatic carboxylic acids is 2. The molecule has 3 saturated carbocycles. The molecule has 1 aromatic rings. The Morgan fingerprint density at radius 3 is 1.67 bits per heavy atom. The second kappa shape index (κ2) is 14.8. The molecule has 0 saturated heterocycles. The zero-order valence-electron chi connectivity index (χ0n) is 23.3. The van der Waals surface area contributed by atoms with Crippen LogP contribution in [0, 0.1) is 0 Å². The third-order valence-corrected chi connectivity index (χ3v) is 8.22. The smallest absolute Gasteiger partial charge is 0.335 e. The fourth-order valence-corrected chi connectivity index (χ4v) is 5.72. The predicted octanol–water partition coefficient (Wildman–Crippen LogP) is 3.38. The van der Waals surface area contributed by atoms with Crippen molar-refractivity contribution in [3.05, 3.63) is 17.0 Å². The first-order valence-corrected chi connectivity index (χ1v) is 14.5. The maximum absolute atomic E-state index is 14.0. The topological polar surface area (TPSA) is 165 Å². The number of carboxylic acid groups (broad SMARTS) is 2. The van der Waals surface area contributed by atoms with Crippen molar-refractivity contribution in [1.29, 1.82) is 0 Å². The van der Waals surface area contributed by atoms with Crippen molar-refractivity contribution >= 4 is 17.8 Å². The number of hydrogen-bond donors (Lipinski definition) is 4. The molecule has 3 aliphatic carbocycles. The molecule has 1 heterocycles. The number of aliphatic hydroxyl groups excluding tert-OH is 2. The molecule has 39 heavy (non-hydrogen) atoms. The van der Waals surface area contributed by atoms with Gasteiger partial charge in [0.2, 0.25) is 0 Å². The molecule has 3 fully saturated rings. The molecular formula is C28H45N3O8. The van der Waals surface area contributed by atoms with Gasteiger partial charge >= 0.3 is 11.9 Å². The summed E-state index contributed by atoms with van der Waals surface area (Å²) >= 11 is 0. The summed E-state index contributed by atoms with van der Waals surface area (Å²) in [4.78, 5) is 38.2. The molecule has 220 valence electrons. The van der Waals surface area contributed by atoms with Gasteiger partial charge in [-0.3, -0.25) is 9.69 Å². The maximum Gasteiger partial charge on any atom is 0.335 e. The molecule has 0 bridgehead atoms. The van der Waals surface area contributed by atoms with Gasteiger partial charge in [0, 0.05) is 30.1 Å². The fourth-order valence-electron chi connectivity index (χ4n) is 5.72. The molecular weight excluding hydrogens is 506 g/mol. The Morgan fingerprint density at radius 1 is 0.821 bits per heavy atom. The van der Waals surface area contributed by atoms with Crippen molar-refractivity contribution in [3.8, 4) is 0 Å². The molecule has 0 aromatic carbocycles. The van der Waals surface area contributed by atoms with Gasteiger partial charge in [-0.1, -0.05) is 57.5 Å². The second-order valence-corrected chi connectivity index (χ2v) is 11.0. The van der Waals surface area contributed by atoms with Crippen LogP contribution in [0.25, 0.3) is 0 Å². The number of carbonyl (C=O) groups excluding carboxylic acids is 1. The van der Waals surface area contributed by atoms with Crippen LogP contribution >= 0.6 is 0 Å². The molecule has 3 aliphatic rings. The zero-order chi connectivity index (χ0) is 28.5. The van der Waals surface area contributed by atoms with Crippen molar-refractivity contribution in [2.24, 2.45) is 0 Å². The summed E-state index contributed by atoms with van der Waals surface area (Å²) in [6.07, 6.45) is 10.0. The van der Waals surface area contributed by atoms with E-state index in [1.165, 1.54) is 51.4 Å². The number of carbonyl (C=O) groups is 3. The SMILES string of the molecule is CCN(CC)Cc1c(C(=O)N(C2CCCCC2)C2CCCCC2)noc1C1CC1.O=C(O)[C@@H](O)[C@H](O)C(=O)O. The number of aromatic nitrogens is 1. The van der Waals surface area contributed by atoms with Crippen molar-refractivity contribution < 1.29 is 39.3 Å². The van der Waals surface area contributed by atoms with E-state index in [0.29, 0.717) is 23.7 Å². The molecule has 0 aliphatic heterocycles. The summed E-state index contributed by atoms with van der Waals surface area (Å²) in [6.45, 7) is 7.12. The minimum atomic E-state index is -2.27. The van der Waals surface area contributed by atoms with Crippen LogP contribution in [0.3, 0.4) is 0 Å². The lowest BCUT2D eigenvalue weighted by Gasteiger charge is -2.41. The van der Waals surface area contributed by atoms with Gasteiger partial charge < -0.3 is 29.8 Å². The van der Waals surface area contributed by atoms with Gasteiger partial charge in [-0.25, -0.2) is 9.59 Å². The fraction of sp³-hybridized carbons (Fsp3) is 0.786. The van der Waals surface area contributed by atoms with E-state index >= 15 is 0 Å². The highest BCUT2D eigenvalue weighted by Gasteiger charge is 2.39. The van der Waals surface area contributed by atoms with Gasteiger partial charge in [0.05, 0.1) is 0 Å². The lowest BCUT2D eigenvalue weighted by Crippen LogP contribution is -2.49. The van der Waals surface area contributed by atoms with E-state index in [9.17, 15) is 14.4 Å². The molecule has 4 rings (SSSR count). The Labute approximate surface area is 230 Å². The van der Waals surface area contributed by atoms with Gasteiger partial charge in [0.15, 0.2) is 17.9 Å². The third-order valence-electron chi connectivity index (χ3n) is 8.22. The Hall–Kier alpha value is -2.50. The largest absolute Gasteiger partial charge is 0.479 e. The van der Waals surface area contributed by atoms with Crippen molar-refractivity contribution in [2.45, 2.75) is 128 Å². The normalized spacial score (nSPS) is 20.1. The Bertz CT molecular complexity index is 911. The Balaban J connectivity index is 0.000000360. The first kappa shape index (κ1) is 31.0. The van der Waals surface area contributed by atoms with E-state index in [2.05, 4.69) is 28.8 Å². The standard InChI is InChI=1S/C24H39N3O2.C4H6O6/c1-3-26(4-2)17-21-22(25-29-23(21)18-15-16-18)24(28)27(19-11-7-5-8-12-19)20-13-9-6-10-14-20;5-1(3(7)8)2(6)4(9)10/h18-20H,3-17H2,1-2H3;1-2,5-6H,(H,7,8)(H,9,10)/t;1-,2-/m.0/s1.